The number of nitrogens with zero attached hydrogens (tertiary/aromatic N) is 1. The van der Waals surface area contributed by atoms with Gasteiger partial charge in [0.15, 0.2) is 0 Å². The Bertz CT molecular complexity index is 300. The van der Waals surface area contributed by atoms with E-state index in [1.165, 1.54) is 5.56 Å². The lowest BCUT2D eigenvalue weighted by molar-refractivity contribution is 0.347. The first-order valence-electron chi connectivity index (χ1n) is 4.55. The van der Waals surface area contributed by atoms with Gasteiger partial charge in [0.2, 0.25) is 5.88 Å². The number of pyridine rings is 1. The van der Waals surface area contributed by atoms with Gasteiger partial charge in [0, 0.05) is 18.3 Å². The fourth-order valence-electron chi connectivity index (χ4n) is 1.72. The van der Waals surface area contributed by atoms with Crippen molar-refractivity contribution in [3.63, 3.8) is 0 Å². The van der Waals surface area contributed by atoms with E-state index in [0.717, 1.165) is 12.8 Å². The van der Waals surface area contributed by atoms with Crippen LogP contribution in [0.1, 0.15) is 24.3 Å². The van der Waals surface area contributed by atoms with Crippen molar-refractivity contribution in [3.05, 3.63) is 23.9 Å². The Balaban J connectivity index is 0.000000980. The Morgan fingerprint density at radius 3 is 2.79 bits per heavy atom. The molecule has 0 atom stereocenters. The van der Waals surface area contributed by atoms with Crippen LogP contribution in [0.5, 0.6) is 5.88 Å². The molecule has 1 aromatic rings. The predicted molar refractivity (Wildman–Crippen MR) is 58.0 cm³/mol. The first-order chi connectivity index (χ1) is 6.29. The van der Waals surface area contributed by atoms with E-state index < -0.39 is 0 Å². The molecule has 0 aromatic carbocycles. The van der Waals surface area contributed by atoms with Gasteiger partial charge in [-0.25, -0.2) is 4.98 Å². The molecular formula is C10H15ClN2O. The molecule has 2 rings (SSSR count). The van der Waals surface area contributed by atoms with Gasteiger partial charge >= 0.3 is 0 Å². The van der Waals surface area contributed by atoms with Crippen LogP contribution >= 0.6 is 12.4 Å². The molecule has 0 amide bonds. The topological polar surface area (TPSA) is 48.1 Å². The van der Waals surface area contributed by atoms with E-state index in [1.54, 1.807) is 13.3 Å². The minimum atomic E-state index is 0. The lowest BCUT2D eigenvalue weighted by Gasteiger charge is -2.32. The number of hydrogen-bond donors (Lipinski definition) is 1. The van der Waals surface area contributed by atoms with Gasteiger partial charge in [-0.1, -0.05) is 0 Å². The highest BCUT2D eigenvalue weighted by atomic mass is 35.5. The van der Waals surface area contributed by atoms with Crippen LogP contribution in [0, 0.1) is 0 Å². The minimum absolute atomic E-state index is 0. The summed E-state index contributed by atoms with van der Waals surface area (Å²) in [7, 11) is 1.64. The molecule has 78 valence electrons. The molecule has 1 saturated carbocycles. The highest BCUT2D eigenvalue weighted by Gasteiger charge is 2.27. The Kier molecular flexibility index (Phi) is 3.72. The van der Waals surface area contributed by atoms with Crippen LogP contribution in [0.3, 0.4) is 0 Å². The molecule has 0 saturated heterocycles. The summed E-state index contributed by atoms with van der Waals surface area (Å²) < 4.78 is 5.06. The summed E-state index contributed by atoms with van der Waals surface area (Å²) in [5.41, 5.74) is 7.03. The van der Waals surface area contributed by atoms with Gasteiger partial charge in [-0.3, -0.25) is 0 Å². The van der Waals surface area contributed by atoms with Crippen molar-refractivity contribution in [2.24, 2.45) is 5.73 Å². The van der Waals surface area contributed by atoms with Crippen molar-refractivity contribution in [1.82, 2.24) is 4.98 Å². The average molecular weight is 215 g/mol. The standard InChI is InChI=1S/C10H14N2O.ClH/c1-13-10-6-7(2-3-12-10)8-4-9(11)5-8;/h2-3,6,8-9H,4-5,11H2,1H3;1H. The van der Waals surface area contributed by atoms with Crippen molar-refractivity contribution in [2.45, 2.75) is 24.8 Å². The molecule has 0 bridgehead atoms. The third kappa shape index (κ3) is 2.16. The summed E-state index contributed by atoms with van der Waals surface area (Å²) in [5, 5.41) is 0. The summed E-state index contributed by atoms with van der Waals surface area (Å²) in [6.45, 7) is 0. The quantitative estimate of drug-likeness (QED) is 0.816. The zero-order chi connectivity index (χ0) is 9.26. The number of halogens is 1. The summed E-state index contributed by atoms with van der Waals surface area (Å²) in [5.74, 6) is 1.31. The Morgan fingerprint density at radius 1 is 1.50 bits per heavy atom. The van der Waals surface area contributed by atoms with Crippen LogP contribution in [0.15, 0.2) is 18.3 Å². The largest absolute Gasteiger partial charge is 0.481 e. The van der Waals surface area contributed by atoms with Crippen LogP contribution in [0.4, 0.5) is 0 Å². The van der Waals surface area contributed by atoms with Crippen molar-refractivity contribution in [1.29, 1.82) is 0 Å². The Hall–Kier alpha value is -0.800. The van der Waals surface area contributed by atoms with Crippen LogP contribution in [-0.4, -0.2) is 18.1 Å². The number of aromatic nitrogens is 1. The van der Waals surface area contributed by atoms with Gasteiger partial charge in [-0.2, -0.15) is 0 Å². The maximum absolute atomic E-state index is 5.73. The molecule has 1 fully saturated rings. The molecule has 1 aliphatic carbocycles. The molecule has 0 spiro atoms. The molecule has 0 radical (unpaired) electrons. The third-order valence-corrected chi connectivity index (χ3v) is 2.61. The Labute approximate surface area is 90.1 Å². The molecule has 1 aromatic heterocycles. The fourth-order valence-corrected chi connectivity index (χ4v) is 1.72. The number of nitrogens with two attached hydrogens (primary N) is 1. The van der Waals surface area contributed by atoms with E-state index in [9.17, 15) is 0 Å². The number of hydrogen-bond acceptors (Lipinski definition) is 3. The van der Waals surface area contributed by atoms with Crippen LogP contribution < -0.4 is 10.5 Å². The van der Waals surface area contributed by atoms with Gasteiger partial charge in [0.1, 0.15) is 0 Å². The van der Waals surface area contributed by atoms with E-state index in [0.29, 0.717) is 17.8 Å². The SMILES string of the molecule is COc1cc(C2CC(N)C2)ccn1.Cl. The number of rotatable bonds is 2. The predicted octanol–water partition coefficient (Wildman–Crippen LogP) is 1.72. The second kappa shape index (κ2) is 4.62. The van der Waals surface area contributed by atoms with E-state index in [4.69, 9.17) is 10.5 Å². The molecular weight excluding hydrogens is 200 g/mol. The zero-order valence-corrected chi connectivity index (χ0v) is 8.96. The highest BCUT2D eigenvalue weighted by molar-refractivity contribution is 5.85. The normalized spacial score (nSPS) is 24.7. The number of methoxy groups -OCH3 is 1. The van der Waals surface area contributed by atoms with E-state index >= 15 is 0 Å². The highest BCUT2D eigenvalue weighted by Crippen LogP contribution is 2.36. The first kappa shape index (κ1) is 11.3. The van der Waals surface area contributed by atoms with Gasteiger partial charge in [0.05, 0.1) is 7.11 Å². The van der Waals surface area contributed by atoms with E-state index in [1.807, 2.05) is 12.1 Å². The molecule has 4 heteroatoms. The van der Waals surface area contributed by atoms with Crippen molar-refractivity contribution >= 4 is 12.4 Å². The van der Waals surface area contributed by atoms with Crippen LogP contribution in [-0.2, 0) is 0 Å². The lowest BCUT2D eigenvalue weighted by Crippen LogP contribution is -2.34. The van der Waals surface area contributed by atoms with Gasteiger partial charge in [-0.05, 0) is 30.4 Å². The molecule has 0 unspecified atom stereocenters. The molecule has 0 aliphatic heterocycles. The third-order valence-electron chi connectivity index (χ3n) is 2.61. The number of ether oxygens (including phenoxy) is 1. The van der Waals surface area contributed by atoms with Crippen LogP contribution in [0.2, 0.25) is 0 Å². The van der Waals surface area contributed by atoms with Crippen LogP contribution in [0.25, 0.3) is 0 Å². The molecule has 1 aliphatic rings. The summed E-state index contributed by atoms with van der Waals surface area (Å²) in [4.78, 5) is 4.06. The molecule has 1 heterocycles. The Morgan fingerprint density at radius 2 is 2.21 bits per heavy atom. The van der Waals surface area contributed by atoms with E-state index in [-0.39, 0.29) is 12.4 Å². The van der Waals surface area contributed by atoms with Crippen molar-refractivity contribution < 1.29 is 4.74 Å². The van der Waals surface area contributed by atoms with Gasteiger partial charge in [0.25, 0.3) is 0 Å². The minimum Gasteiger partial charge on any atom is -0.481 e. The molecule has 3 nitrogen and oxygen atoms in total. The van der Waals surface area contributed by atoms with Crippen molar-refractivity contribution in [2.75, 3.05) is 7.11 Å². The summed E-state index contributed by atoms with van der Waals surface area (Å²) in [6, 6.07) is 4.43. The first-order valence-corrected chi connectivity index (χ1v) is 4.55. The second-order valence-electron chi connectivity index (χ2n) is 3.56. The maximum atomic E-state index is 5.73. The molecule has 2 N–H and O–H groups in total. The summed E-state index contributed by atoms with van der Waals surface area (Å²) in [6.07, 6.45) is 3.97. The maximum Gasteiger partial charge on any atom is 0.213 e. The second-order valence-corrected chi connectivity index (χ2v) is 3.56. The van der Waals surface area contributed by atoms with Gasteiger partial charge < -0.3 is 10.5 Å². The van der Waals surface area contributed by atoms with Crippen molar-refractivity contribution in [3.8, 4) is 5.88 Å². The zero-order valence-electron chi connectivity index (χ0n) is 8.14. The molecule has 14 heavy (non-hydrogen) atoms. The van der Waals surface area contributed by atoms with Gasteiger partial charge in [-0.15, -0.1) is 12.4 Å². The fraction of sp³-hybridized carbons (Fsp3) is 0.500. The smallest absolute Gasteiger partial charge is 0.213 e. The lowest BCUT2D eigenvalue weighted by atomic mass is 9.77. The average Bonchev–Trinajstić information content (AvgIpc) is 2.13. The summed E-state index contributed by atoms with van der Waals surface area (Å²) >= 11 is 0. The van der Waals surface area contributed by atoms with E-state index in [2.05, 4.69) is 4.98 Å². The monoisotopic (exact) mass is 214 g/mol.